The van der Waals surface area contributed by atoms with E-state index in [1.165, 1.54) is 12.1 Å². The zero-order chi connectivity index (χ0) is 24.5. The first-order valence-corrected chi connectivity index (χ1v) is 13.0. The fourth-order valence-corrected chi connectivity index (χ4v) is 5.02. The Bertz CT molecular complexity index is 1210. The molecular weight excluding hydrogens is 540 g/mol. The monoisotopic (exact) mass is 558 g/mol. The quantitative estimate of drug-likeness (QED) is 0.440. The van der Waals surface area contributed by atoms with Crippen molar-refractivity contribution in [3.63, 3.8) is 0 Å². The van der Waals surface area contributed by atoms with Crippen molar-refractivity contribution in [2.45, 2.75) is 12.7 Å². The predicted octanol–water partition coefficient (Wildman–Crippen LogP) is 5.23. The summed E-state index contributed by atoms with van der Waals surface area (Å²) >= 11 is 3.37. The van der Waals surface area contributed by atoms with Gasteiger partial charge < -0.3 is 14.2 Å². The Morgan fingerprint density at radius 3 is 2.26 bits per heavy atom. The molecule has 0 bridgehead atoms. The van der Waals surface area contributed by atoms with Crippen LogP contribution in [-0.2, 0) is 17.3 Å². The minimum absolute atomic E-state index is 0.0473. The molecule has 1 N–H and O–H groups in total. The molecule has 1 aliphatic rings. The molecule has 1 aromatic heterocycles. The minimum atomic E-state index is -4.73. The largest absolute Gasteiger partial charge is 0.470 e. The third-order valence-electron chi connectivity index (χ3n) is 5.29. The van der Waals surface area contributed by atoms with E-state index < -0.39 is 19.4 Å². The van der Waals surface area contributed by atoms with Gasteiger partial charge in [0, 0.05) is 41.1 Å². The summed E-state index contributed by atoms with van der Waals surface area (Å²) in [5.74, 6) is -1.69. The van der Waals surface area contributed by atoms with Crippen molar-refractivity contribution < 1.29 is 31.8 Å². The van der Waals surface area contributed by atoms with Crippen molar-refractivity contribution >= 4 is 35.0 Å². The van der Waals surface area contributed by atoms with E-state index in [0.717, 1.165) is 4.47 Å². The van der Waals surface area contributed by atoms with Crippen LogP contribution >= 0.6 is 23.3 Å². The van der Waals surface area contributed by atoms with Crippen molar-refractivity contribution in [3.8, 4) is 11.5 Å². The zero-order valence-electron chi connectivity index (χ0n) is 17.6. The van der Waals surface area contributed by atoms with Crippen LogP contribution in [0.25, 0.3) is 11.5 Å². The van der Waals surface area contributed by atoms with Crippen LogP contribution in [0, 0.1) is 0 Å². The summed E-state index contributed by atoms with van der Waals surface area (Å²) in [5.41, 5.74) is 1.64. The summed E-state index contributed by atoms with van der Waals surface area (Å²) in [6.07, 6.45) is -4.63. The van der Waals surface area contributed by atoms with Gasteiger partial charge in [-0.25, -0.2) is 4.79 Å². The standard InChI is InChI=1S/C21H19BrF3N4O4P/c22-16-5-7-17(8-6-16)29(20(30)28-9-11-34(31,32)12-10-28)13-14-1-3-15(4-2-14)18-26-27-19(33-18)21(23,24)25/h1-8H,9-13H2,(H,31,32). The highest BCUT2D eigenvalue weighted by atomic mass is 79.9. The summed E-state index contributed by atoms with van der Waals surface area (Å²) in [6, 6.07) is 13.2. The number of carbonyl (C=O) groups excluding carboxylic acids is 1. The van der Waals surface area contributed by atoms with E-state index >= 15 is 0 Å². The second-order valence-electron chi connectivity index (χ2n) is 7.73. The summed E-state index contributed by atoms with van der Waals surface area (Å²) in [6.45, 7) is 0.528. The summed E-state index contributed by atoms with van der Waals surface area (Å²) < 4.78 is 55.6. The van der Waals surface area contributed by atoms with E-state index in [4.69, 9.17) is 4.42 Å². The maximum Gasteiger partial charge on any atom is 0.470 e. The van der Waals surface area contributed by atoms with Gasteiger partial charge in [0.2, 0.25) is 13.3 Å². The summed E-state index contributed by atoms with van der Waals surface area (Å²) in [7, 11) is -3.19. The number of aromatic nitrogens is 2. The molecule has 0 saturated carbocycles. The smallest absolute Gasteiger partial charge is 0.413 e. The molecule has 2 heterocycles. The second-order valence-corrected chi connectivity index (χ2v) is 11.2. The lowest BCUT2D eigenvalue weighted by atomic mass is 10.1. The molecule has 2 aromatic carbocycles. The van der Waals surface area contributed by atoms with Gasteiger partial charge >= 0.3 is 18.1 Å². The minimum Gasteiger partial charge on any atom is -0.413 e. The lowest BCUT2D eigenvalue weighted by Gasteiger charge is -2.34. The molecule has 180 valence electrons. The zero-order valence-corrected chi connectivity index (χ0v) is 20.1. The molecule has 1 saturated heterocycles. The molecule has 1 fully saturated rings. The van der Waals surface area contributed by atoms with E-state index in [2.05, 4.69) is 26.1 Å². The number of halogens is 4. The average molecular weight is 559 g/mol. The molecular formula is C21H19BrF3N4O4P. The van der Waals surface area contributed by atoms with Crippen molar-refractivity contribution in [1.82, 2.24) is 15.1 Å². The number of anilines is 1. The Hall–Kier alpha value is -2.69. The van der Waals surface area contributed by atoms with Gasteiger partial charge in [0.15, 0.2) is 0 Å². The molecule has 1 aliphatic heterocycles. The Balaban J connectivity index is 1.55. The molecule has 8 nitrogen and oxygen atoms in total. The van der Waals surface area contributed by atoms with Crippen molar-refractivity contribution in [1.29, 1.82) is 0 Å². The van der Waals surface area contributed by atoms with E-state index in [9.17, 15) is 27.4 Å². The van der Waals surface area contributed by atoms with E-state index in [1.807, 2.05) is 0 Å². The van der Waals surface area contributed by atoms with Crippen molar-refractivity contribution in [2.75, 3.05) is 30.3 Å². The maximum atomic E-state index is 13.3. The number of benzene rings is 2. The summed E-state index contributed by atoms with van der Waals surface area (Å²) in [5, 5.41) is 6.47. The molecule has 13 heteroatoms. The highest BCUT2D eigenvalue weighted by Crippen LogP contribution is 2.42. The Morgan fingerprint density at radius 2 is 1.71 bits per heavy atom. The number of hydrogen-bond acceptors (Lipinski definition) is 5. The van der Waals surface area contributed by atoms with Crippen LogP contribution < -0.4 is 4.90 Å². The topological polar surface area (TPSA) is 99.8 Å². The van der Waals surface area contributed by atoms with Gasteiger partial charge in [-0.2, -0.15) is 13.2 Å². The van der Waals surface area contributed by atoms with Crippen LogP contribution in [-0.4, -0.2) is 51.4 Å². The predicted molar refractivity (Wildman–Crippen MR) is 122 cm³/mol. The molecule has 4 rings (SSSR count). The third-order valence-corrected chi connectivity index (χ3v) is 7.61. The first kappa shape index (κ1) is 24.4. The van der Waals surface area contributed by atoms with Gasteiger partial charge in [-0.3, -0.25) is 9.46 Å². The number of amides is 2. The number of urea groups is 1. The molecule has 0 radical (unpaired) electrons. The fourth-order valence-electron chi connectivity index (χ4n) is 3.42. The molecule has 34 heavy (non-hydrogen) atoms. The first-order chi connectivity index (χ1) is 16.0. The van der Waals surface area contributed by atoms with E-state index in [0.29, 0.717) is 16.8 Å². The normalized spacial score (nSPS) is 15.9. The van der Waals surface area contributed by atoms with Crippen LogP contribution in [0.1, 0.15) is 11.5 Å². The van der Waals surface area contributed by atoms with Crippen LogP contribution in [0.5, 0.6) is 0 Å². The van der Waals surface area contributed by atoms with Gasteiger partial charge in [0.25, 0.3) is 0 Å². The van der Waals surface area contributed by atoms with Crippen LogP contribution in [0.3, 0.4) is 0 Å². The van der Waals surface area contributed by atoms with Gasteiger partial charge in [0.05, 0.1) is 6.54 Å². The van der Waals surface area contributed by atoms with Gasteiger partial charge in [-0.1, -0.05) is 28.1 Å². The van der Waals surface area contributed by atoms with Crippen LogP contribution in [0.15, 0.2) is 57.4 Å². The van der Waals surface area contributed by atoms with Gasteiger partial charge in [-0.15, -0.1) is 10.2 Å². The number of nitrogens with zero attached hydrogens (tertiary/aromatic N) is 4. The van der Waals surface area contributed by atoms with Gasteiger partial charge in [-0.05, 0) is 42.0 Å². The van der Waals surface area contributed by atoms with Crippen LogP contribution in [0.4, 0.5) is 23.7 Å². The number of alkyl halides is 3. The first-order valence-electron chi connectivity index (χ1n) is 10.1. The molecule has 0 aliphatic carbocycles. The van der Waals surface area contributed by atoms with Crippen LogP contribution in [0.2, 0.25) is 0 Å². The van der Waals surface area contributed by atoms with Crippen molar-refractivity contribution in [3.05, 3.63) is 64.5 Å². The maximum absolute atomic E-state index is 13.3. The van der Waals surface area contributed by atoms with Gasteiger partial charge in [0.1, 0.15) is 0 Å². The molecule has 0 spiro atoms. The Morgan fingerprint density at radius 1 is 1.09 bits per heavy atom. The molecule has 0 unspecified atom stereocenters. The fraction of sp³-hybridized carbons (Fsp3) is 0.286. The van der Waals surface area contributed by atoms with E-state index in [1.54, 1.807) is 46.2 Å². The summed E-state index contributed by atoms with van der Waals surface area (Å²) in [4.78, 5) is 26.2. The lowest BCUT2D eigenvalue weighted by Crippen LogP contribution is -2.47. The Labute approximate surface area is 201 Å². The number of hydrogen-bond donors (Lipinski definition) is 1. The average Bonchev–Trinajstić information content (AvgIpc) is 3.29. The molecule has 2 amide bonds. The highest BCUT2D eigenvalue weighted by molar-refractivity contribution is 9.10. The molecule has 0 atom stereocenters. The van der Waals surface area contributed by atoms with Crippen molar-refractivity contribution in [2.24, 2.45) is 0 Å². The highest BCUT2D eigenvalue weighted by Gasteiger charge is 2.38. The Kier molecular flexibility index (Phi) is 6.84. The third kappa shape index (κ3) is 5.68. The second kappa shape index (κ2) is 9.52. The lowest BCUT2D eigenvalue weighted by molar-refractivity contribution is -0.156. The number of carbonyl (C=O) groups is 1. The molecule has 3 aromatic rings. The van der Waals surface area contributed by atoms with E-state index in [-0.39, 0.29) is 43.9 Å². The SMILES string of the molecule is O=C(N1CCP(=O)(O)CC1)N(Cc1ccc(-c2nnc(C(F)(F)F)o2)cc1)c1ccc(Br)cc1. The number of rotatable bonds is 4.